The van der Waals surface area contributed by atoms with E-state index in [9.17, 15) is 28.9 Å². The molecule has 0 aliphatic heterocycles. The highest BCUT2D eigenvalue weighted by molar-refractivity contribution is 7.42. The number of aryl methyl sites for hydroxylation is 1. The van der Waals surface area contributed by atoms with Crippen LogP contribution in [-0.2, 0) is 21.4 Å². The Balaban J connectivity index is 2.36. The fourth-order valence-corrected chi connectivity index (χ4v) is 4.80. The first kappa shape index (κ1) is 26.3. The van der Waals surface area contributed by atoms with Gasteiger partial charge in [0.25, 0.3) is 0 Å². The van der Waals surface area contributed by atoms with Gasteiger partial charge in [0.15, 0.2) is 0 Å². The molecule has 6 nitrogen and oxygen atoms in total. The second-order valence-electron chi connectivity index (χ2n) is 8.68. The van der Waals surface area contributed by atoms with Crippen LogP contribution in [0.1, 0.15) is 30.7 Å². The molecule has 3 rings (SSSR count). The highest BCUT2D eigenvalue weighted by atomic mass is 31.1. The smallest absolute Gasteiger partial charge is 0.335 e. The first-order valence-electron chi connectivity index (χ1n) is 11.0. The lowest BCUT2D eigenvalue weighted by atomic mass is 9.78. The number of aromatic nitrogens is 1. The van der Waals surface area contributed by atoms with Crippen LogP contribution < -0.4 is 0 Å². The maximum atomic E-state index is 13.6. The van der Waals surface area contributed by atoms with Crippen LogP contribution in [-0.4, -0.2) is 31.2 Å². The van der Waals surface area contributed by atoms with Gasteiger partial charge in [0, 0.05) is 17.9 Å². The highest BCUT2D eigenvalue weighted by Crippen LogP contribution is 2.50. The van der Waals surface area contributed by atoms with Gasteiger partial charge in [-0.1, -0.05) is 74.2 Å². The molecule has 3 atom stereocenters. The maximum Gasteiger partial charge on any atom is 0.335 e. The van der Waals surface area contributed by atoms with Crippen LogP contribution in [0.2, 0.25) is 0 Å². The van der Waals surface area contributed by atoms with Crippen LogP contribution >= 0.6 is 8.03 Å². The Hall–Kier alpha value is -3.30. The first-order chi connectivity index (χ1) is 16.5. The van der Waals surface area contributed by atoms with E-state index in [1.807, 2.05) is 37.3 Å². The molecule has 0 saturated carbocycles. The Morgan fingerprint density at radius 3 is 2.26 bits per heavy atom. The van der Waals surface area contributed by atoms with Gasteiger partial charge in [0.2, 0.25) is 13.2 Å². The molecular formula is C27H27FNO5P. The number of hydrogen-bond donors (Lipinski definition) is 3. The molecule has 1 aromatic heterocycles. The number of benzene rings is 2. The van der Waals surface area contributed by atoms with Crippen molar-refractivity contribution in [3.8, 4) is 23.1 Å². The third-order valence-corrected chi connectivity index (χ3v) is 7.15. The van der Waals surface area contributed by atoms with E-state index in [-0.39, 0.29) is 11.6 Å². The van der Waals surface area contributed by atoms with Crippen molar-refractivity contribution in [3.05, 3.63) is 89.4 Å². The third-order valence-electron chi connectivity index (χ3n) is 5.75. The number of carboxylic acids is 1. The second-order valence-corrected chi connectivity index (χ2v) is 10.0. The minimum Gasteiger partial charge on any atom is -0.480 e. The van der Waals surface area contributed by atoms with Crippen LogP contribution in [0.25, 0.3) is 11.3 Å². The van der Waals surface area contributed by atoms with Crippen molar-refractivity contribution in [1.82, 2.24) is 4.98 Å². The summed E-state index contributed by atoms with van der Waals surface area (Å²) in [6, 6.07) is 17.3. The minimum atomic E-state index is -4.03. The SMILES string of the molecule is Cc1ccc(C(O)(Cc2ccc(F)cc2)C(C#CC(C)C)(C(=O)O)[PH](=O)O)nc1-c1ccccc1. The molecule has 2 aromatic carbocycles. The number of carbonyl (C=O) groups is 1. The van der Waals surface area contributed by atoms with Crippen molar-refractivity contribution in [2.24, 2.45) is 5.92 Å². The van der Waals surface area contributed by atoms with Crippen LogP contribution in [0.4, 0.5) is 4.39 Å². The van der Waals surface area contributed by atoms with Gasteiger partial charge in [0.1, 0.15) is 11.4 Å². The number of aliphatic carboxylic acids is 1. The van der Waals surface area contributed by atoms with Gasteiger partial charge in [0.05, 0.1) is 11.4 Å². The molecular weight excluding hydrogens is 468 g/mol. The molecule has 0 aliphatic carbocycles. The number of aliphatic hydroxyl groups is 1. The Morgan fingerprint density at radius 2 is 1.71 bits per heavy atom. The Morgan fingerprint density at radius 1 is 1.09 bits per heavy atom. The lowest BCUT2D eigenvalue weighted by molar-refractivity contribution is -0.146. The summed E-state index contributed by atoms with van der Waals surface area (Å²) >= 11 is 0. The molecule has 1 heterocycles. The van der Waals surface area contributed by atoms with Crippen molar-refractivity contribution >= 4 is 14.0 Å². The van der Waals surface area contributed by atoms with E-state index in [0.29, 0.717) is 11.3 Å². The van der Waals surface area contributed by atoms with Gasteiger partial charge in [-0.25, -0.2) is 14.2 Å². The summed E-state index contributed by atoms with van der Waals surface area (Å²) in [5.74, 6) is 2.51. The summed E-state index contributed by atoms with van der Waals surface area (Å²) in [5.41, 5.74) is -0.344. The summed E-state index contributed by atoms with van der Waals surface area (Å²) in [4.78, 5) is 27.7. The topological polar surface area (TPSA) is 108 Å². The predicted molar refractivity (Wildman–Crippen MR) is 133 cm³/mol. The van der Waals surface area contributed by atoms with E-state index in [1.54, 1.807) is 19.9 Å². The average Bonchev–Trinajstić information content (AvgIpc) is 2.81. The fourth-order valence-electron chi connectivity index (χ4n) is 3.87. The molecule has 8 heteroatoms. The Kier molecular flexibility index (Phi) is 7.92. The zero-order chi connectivity index (χ0) is 25.8. The van der Waals surface area contributed by atoms with Crippen molar-refractivity contribution in [2.45, 2.75) is 37.9 Å². The van der Waals surface area contributed by atoms with Crippen LogP contribution in [0.5, 0.6) is 0 Å². The minimum absolute atomic E-state index is 0.126. The highest BCUT2D eigenvalue weighted by Gasteiger charge is 2.62. The van der Waals surface area contributed by atoms with Crippen LogP contribution in [0.3, 0.4) is 0 Å². The molecule has 35 heavy (non-hydrogen) atoms. The van der Waals surface area contributed by atoms with Gasteiger partial charge in [-0.05, 0) is 36.2 Å². The van der Waals surface area contributed by atoms with Gasteiger partial charge in [-0.3, -0.25) is 4.57 Å². The van der Waals surface area contributed by atoms with Crippen molar-refractivity contribution in [2.75, 3.05) is 0 Å². The lowest BCUT2D eigenvalue weighted by Crippen LogP contribution is -2.56. The zero-order valence-corrected chi connectivity index (χ0v) is 20.6. The first-order valence-corrected chi connectivity index (χ1v) is 12.4. The standard InChI is InChI=1S/C27H27FNO5P/c1-18(2)15-16-27(25(30)31,35(33)34)26(32,17-20-10-12-22(28)13-11-20)23-14-9-19(3)24(29-23)21-7-5-4-6-8-21/h4-14,18,32,35H,17H2,1-3H3,(H,30,31)(H,33,34). The van der Waals surface area contributed by atoms with E-state index < -0.39 is 37.0 Å². The molecule has 0 aliphatic rings. The Bertz CT molecular complexity index is 1280. The molecule has 0 radical (unpaired) electrons. The molecule has 3 aromatic rings. The lowest BCUT2D eigenvalue weighted by Gasteiger charge is -2.39. The van der Waals surface area contributed by atoms with Crippen molar-refractivity contribution in [3.63, 3.8) is 0 Å². The summed E-state index contributed by atoms with van der Waals surface area (Å²) < 4.78 is 26.4. The number of rotatable bonds is 7. The fraction of sp³-hybridized carbons (Fsp3) is 0.259. The van der Waals surface area contributed by atoms with E-state index >= 15 is 0 Å². The van der Waals surface area contributed by atoms with Gasteiger partial charge < -0.3 is 15.1 Å². The quantitative estimate of drug-likeness (QED) is 0.327. The van der Waals surface area contributed by atoms with Gasteiger partial charge in [-0.15, -0.1) is 0 Å². The molecule has 0 bridgehead atoms. The van der Waals surface area contributed by atoms with Crippen molar-refractivity contribution < 1.29 is 28.9 Å². The predicted octanol–water partition coefficient (Wildman–Crippen LogP) is 4.58. The monoisotopic (exact) mass is 495 g/mol. The number of nitrogens with zero attached hydrogens (tertiary/aromatic N) is 1. The molecule has 3 N–H and O–H groups in total. The number of halogens is 1. The summed E-state index contributed by atoms with van der Waals surface area (Å²) in [6.45, 7) is 5.21. The molecule has 182 valence electrons. The second kappa shape index (κ2) is 10.5. The van der Waals surface area contributed by atoms with Gasteiger partial charge >= 0.3 is 5.97 Å². The van der Waals surface area contributed by atoms with E-state index in [0.717, 1.165) is 23.3 Å². The summed E-state index contributed by atoms with van der Waals surface area (Å²) in [5, 5.41) is 19.7. The molecule has 0 amide bonds. The van der Waals surface area contributed by atoms with E-state index in [4.69, 9.17) is 0 Å². The summed E-state index contributed by atoms with van der Waals surface area (Å²) in [6.07, 6.45) is -0.437. The largest absolute Gasteiger partial charge is 0.480 e. The van der Waals surface area contributed by atoms with Crippen molar-refractivity contribution in [1.29, 1.82) is 0 Å². The molecule has 3 unspecified atom stereocenters. The van der Waals surface area contributed by atoms with E-state index in [1.165, 1.54) is 18.2 Å². The van der Waals surface area contributed by atoms with E-state index in [2.05, 4.69) is 16.8 Å². The Labute approximate surface area is 204 Å². The third kappa shape index (κ3) is 5.21. The average molecular weight is 495 g/mol. The molecule has 0 fully saturated rings. The number of pyridine rings is 1. The molecule has 0 saturated heterocycles. The maximum absolute atomic E-state index is 13.6. The zero-order valence-electron chi connectivity index (χ0n) is 19.6. The number of carboxylic acid groups (broad SMARTS) is 1. The van der Waals surface area contributed by atoms with Crippen LogP contribution in [0.15, 0.2) is 66.7 Å². The summed E-state index contributed by atoms with van der Waals surface area (Å²) in [7, 11) is -4.03. The molecule has 0 spiro atoms. The van der Waals surface area contributed by atoms with Gasteiger partial charge in [-0.2, -0.15) is 0 Å². The number of hydrogen-bond acceptors (Lipinski definition) is 4. The van der Waals surface area contributed by atoms with Crippen LogP contribution in [0, 0.1) is 30.5 Å². The normalized spacial score (nSPS) is 15.4.